The molecule has 4 nitrogen and oxygen atoms in total. The van der Waals surface area contributed by atoms with E-state index in [1.165, 1.54) is 49.9 Å². The summed E-state index contributed by atoms with van der Waals surface area (Å²) in [5.74, 6) is 0. The molecule has 5 heteroatoms. The van der Waals surface area contributed by atoms with E-state index in [-0.39, 0.29) is 0 Å². The molecule has 0 atom stereocenters. The van der Waals surface area contributed by atoms with Crippen molar-refractivity contribution in [1.82, 2.24) is 15.1 Å². The van der Waals surface area contributed by atoms with E-state index in [1.807, 2.05) is 0 Å². The second-order valence-electron chi connectivity index (χ2n) is 4.59. The van der Waals surface area contributed by atoms with Crippen LogP contribution in [0.15, 0.2) is 0 Å². The third kappa shape index (κ3) is 3.15. The molecule has 0 saturated heterocycles. The summed E-state index contributed by atoms with van der Waals surface area (Å²) in [4.78, 5) is 2.41. The molecule has 1 fully saturated rings. The third-order valence-corrected chi connectivity index (χ3v) is 4.05. The number of nitrogens with two attached hydrogens (primary N) is 1. The lowest BCUT2D eigenvalue weighted by molar-refractivity contribution is 0.212. The normalized spacial score (nSPS) is 18.9. The number of aromatic nitrogens is 2. The highest BCUT2D eigenvalue weighted by Crippen LogP contribution is 2.23. The lowest BCUT2D eigenvalue weighted by Gasteiger charge is -2.25. The number of nitrogen functional groups attached to an aromatic ring is 1. The molecule has 0 unspecified atom stereocenters. The van der Waals surface area contributed by atoms with Crippen LogP contribution in [-0.2, 0) is 6.54 Å². The molecule has 1 aliphatic rings. The molecule has 1 saturated carbocycles. The van der Waals surface area contributed by atoms with E-state index < -0.39 is 0 Å². The van der Waals surface area contributed by atoms with Gasteiger partial charge in [-0.1, -0.05) is 37.0 Å². The van der Waals surface area contributed by atoms with Gasteiger partial charge < -0.3 is 5.73 Å². The molecular weight excluding hydrogens is 220 g/mol. The van der Waals surface area contributed by atoms with Gasteiger partial charge in [0.25, 0.3) is 0 Å². The van der Waals surface area contributed by atoms with Crippen molar-refractivity contribution in [2.75, 3.05) is 12.8 Å². The fraction of sp³-hybridized carbons (Fsp3) is 0.818. The highest BCUT2D eigenvalue weighted by molar-refractivity contribution is 7.15. The van der Waals surface area contributed by atoms with Crippen molar-refractivity contribution in [2.45, 2.75) is 51.1 Å². The Labute approximate surface area is 101 Å². The van der Waals surface area contributed by atoms with Crippen LogP contribution in [0.4, 0.5) is 5.13 Å². The van der Waals surface area contributed by atoms with Gasteiger partial charge in [0.1, 0.15) is 5.01 Å². The van der Waals surface area contributed by atoms with E-state index in [9.17, 15) is 0 Å². The van der Waals surface area contributed by atoms with E-state index in [0.29, 0.717) is 11.2 Å². The molecule has 0 aliphatic heterocycles. The second-order valence-corrected chi connectivity index (χ2v) is 5.69. The Bertz CT molecular complexity index is 318. The minimum absolute atomic E-state index is 0.573. The molecule has 1 aromatic rings. The van der Waals surface area contributed by atoms with Gasteiger partial charge in [-0.2, -0.15) is 0 Å². The van der Waals surface area contributed by atoms with Crippen molar-refractivity contribution < 1.29 is 0 Å². The first-order valence-corrected chi connectivity index (χ1v) is 6.85. The van der Waals surface area contributed by atoms with Gasteiger partial charge >= 0.3 is 0 Å². The standard InChI is InChI=1S/C11H20N4S/c1-15(8-10-13-14-11(12)16-10)9-6-4-2-3-5-7-9/h9H,2-8H2,1H3,(H2,12,14). The van der Waals surface area contributed by atoms with Crippen molar-refractivity contribution in [2.24, 2.45) is 0 Å². The molecule has 0 spiro atoms. The molecule has 0 radical (unpaired) electrons. The summed E-state index contributed by atoms with van der Waals surface area (Å²) >= 11 is 1.50. The summed E-state index contributed by atoms with van der Waals surface area (Å²) in [6.45, 7) is 0.888. The van der Waals surface area contributed by atoms with E-state index in [1.54, 1.807) is 0 Å². The van der Waals surface area contributed by atoms with Crippen molar-refractivity contribution >= 4 is 16.5 Å². The maximum absolute atomic E-state index is 5.58. The topological polar surface area (TPSA) is 55.0 Å². The van der Waals surface area contributed by atoms with Crippen LogP contribution in [0, 0.1) is 0 Å². The average Bonchev–Trinajstić information content (AvgIpc) is 2.56. The molecule has 2 N–H and O–H groups in total. The summed E-state index contributed by atoms with van der Waals surface area (Å²) in [5.41, 5.74) is 5.58. The Balaban J connectivity index is 1.88. The van der Waals surface area contributed by atoms with Crippen LogP contribution in [0.5, 0.6) is 0 Å². The summed E-state index contributed by atoms with van der Waals surface area (Å²) in [6.07, 6.45) is 8.18. The molecular formula is C11H20N4S. The summed E-state index contributed by atoms with van der Waals surface area (Å²) in [7, 11) is 2.19. The van der Waals surface area contributed by atoms with Crippen LogP contribution in [0.1, 0.15) is 43.5 Å². The SMILES string of the molecule is CN(Cc1nnc(N)s1)C1CCCCCC1. The Hall–Kier alpha value is -0.680. The van der Waals surface area contributed by atoms with Crippen molar-refractivity contribution in [3.63, 3.8) is 0 Å². The first-order chi connectivity index (χ1) is 7.75. The lowest BCUT2D eigenvalue weighted by atomic mass is 10.1. The predicted octanol–water partition coefficient (Wildman–Crippen LogP) is 2.27. The van der Waals surface area contributed by atoms with E-state index in [0.717, 1.165) is 11.6 Å². The van der Waals surface area contributed by atoms with Crippen LogP contribution >= 0.6 is 11.3 Å². The molecule has 1 aliphatic carbocycles. The van der Waals surface area contributed by atoms with Crippen molar-refractivity contribution in [3.05, 3.63) is 5.01 Å². The number of rotatable bonds is 3. The Morgan fingerprint density at radius 3 is 2.50 bits per heavy atom. The lowest BCUT2D eigenvalue weighted by Crippen LogP contribution is -2.30. The zero-order chi connectivity index (χ0) is 11.4. The van der Waals surface area contributed by atoms with Crippen LogP contribution in [-0.4, -0.2) is 28.2 Å². The van der Waals surface area contributed by atoms with Gasteiger partial charge in [0.05, 0.1) is 6.54 Å². The first kappa shape index (κ1) is 11.8. The molecule has 0 bridgehead atoms. The van der Waals surface area contributed by atoms with Gasteiger partial charge in [0.15, 0.2) is 0 Å². The molecule has 16 heavy (non-hydrogen) atoms. The maximum atomic E-state index is 5.58. The van der Waals surface area contributed by atoms with Gasteiger partial charge in [-0.05, 0) is 19.9 Å². The molecule has 90 valence electrons. The number of anilines is 1. The molecule has 1 heterocycles. The van der Waals surface area contributed by atoms with Crippen LogP contribution in [0.2, 0.25) is 0 Å². The summed E-state index contributed by atoms with van der Waals surface area (Å²) in [5, 5.41) is 9.53. The van der Waals surface area contributed by atoms with Crippen molar-refractivity contribution in [1.29, 1.82) is 0 Å². The molecule has 2 rings (SSSR count). The van der Waals surface area contributed by atoms with E-state index in [4.69, 9.17) is 5.73 Å². The Morgan fingerprint density at radius 1 is 1.25 bits per heavy atom. The Kier molecular flexibility index (Phi) is 4.12. The average molecular weight is 240 g/mol. The highest BCUT2D eigenvalue weighted by Gasteiger charge is 2.18. The molecule has 0 aromatic carbocycles. The molecule has 0 amide bonds. The number of hydrogen-bond donors (Lipinski definition) is 1. The van der Waals surface area contributed by atoms with Gasteiger partial charge in [0, 0.05) is 6.04 Å². The minimum Gasteiger partial charge on any atom is -0.374 e. The first-order valence-electron chi connectivity index (χ1n) is 6.04. The van der Waals surface area contributed by atoms with Gasteiger partial charge in [0.2, 0.25) is 5.13 Å². The van der Waals surface area contributed by atoms with Crippen molar-refractivity contribution in [3.8, 4) is 0 Å². The monoisotopic (exact) mass is 240 g/mol. The van der Waals surface area contributed by atoms with Gasteiger partial charge in [-0.25, -0.2) is 0 Å². The number of nitrogens with zero attached hydrogens (tertiary/aromatic N) is 3. The zero-order valence-corrected chi connectivity index (χ0v) is 10.7. The highest BCUT2D eigenvalue weighted by atomic mass is 32.1. The van der Waals surface area contributed by atoms with Crippen LogP contribution in [0.3, 0.4) is 0 Å². The predicted molar refractivity (Wildman–Crippen MR) is 67.3 cm³/mol. The zero-order valence-electron chi connectivity index (χ0n) is 9.85. The third-order valence-electron chi connectivity index (χ3n) is 3.32. The van der Waals surface area contributed by atoms with E-state index >= 15 is 0 Å². The fourth-order valence-corrected chi connectivity index (χ4v) is 3.04. The minimum atomic E-state index is 0.573. The summed E-state index contributed by atoms with van der Waals surface area (Å²) < 4.78 is 0. The van der Waals surface area contributed by atoms with Gasteiger partial charge in [-0.3, -0.25) is 4.90 Å². The fourth-order valence-electron chi connectivity index (χ4n) is 2.37. The van der Waals surface area contributed by atoms with Crippen LogP contribution in [0.25, 0.3) is 0 Å². The van der Waals surface area contributed by atoms with E-state index in [2.05, 4.69) is 22.1 Å². The van der Waals surface area contributed by atoms with Crippen LogP contribution < -0.4 is 5.73 Å². The largest absolute Gasteiger partial charge is 0.374 e. The molecule has 1 aromatic heterocycles. The quantitative estimate of drug-likeness (QED) is 0.824. The smallest absolute Gasteiger partial charge is 0.203 e. The number of hydrogen-bond acceptors (Lipinski definition) is 5. The second kappa shape index (κ2) is 5.59. The Morgan fingerprint density at radius 2 is 1.94 bits per heavy atom. The summed E-state index contributed by atoms with van der Waals surface area (Å²) in [6, 6.07) is 0.715. The maximum Gasteiger partial charge on any atom is 0.203 e. The van der Waals surface area contributed by atoms with Gasteiger partial charge in [-0.15, -0.1) is 10.2 Å².